The average molecular weight is 1130 g/mol. The Balaban J connectivity index is 1.75. The number of nitrogens with one attached hydrogen (secondary N) is 1. The van der Waals surface area contributed by atoms with Gasteiger partial charge in [0.15, 0.2) is 12.6 Å². The molecule has 2 aliphatic heterocycles. The number of hydrogen-bond acceptors (Lipinski definition) is 13. The predicted octanol–water partition coefficient (Wildman–Crippen LogP) is 10.9. The van der Waals surface area contributed by atoms with Crippen LogP contribution in [0.4, 0.5) is 0 Å². The maximum atomic E-state index is 13.2. The number of rotatable bonds is 46. The Morgan fingerprint density at radius 2 is 0.864 bits per heavy atom. The van der Waals surface area contributed by atoms with Crippen molar-refractivity contribution in [3.8, 4) is 0 Å². The minimum absolute atomic E-state index is 0.208. The lowest BCUT2D eigenvalue weighted by Crippen LogP contribution is -2.65. The molecule has 0 spiro atoms. The van der Waals surface area contributed by atoms with Crippen LogP contribution in [0.15, 0.2) is 146 Å². The van der Waals surface area contributed by atoms with Gasteiger partial charge in [-0.3, -0.25) is 4.79 Å². The van der Waals surface area contributed by atoms with E-state index < -0.39 is 86.8 Å². The van der Waals surface area contributed by atoms with Crippen molar-refractivity contribution < 1.29 is 64.6 Å². The molecule has 14 nitrogen and oxygen atoms in total. The van der Waals surface area contributed by atoms with Gasteiger partial charge in [0.25, 0.3) is 0 Å². The molecule has 0 aliphatic carbocycles. The van der Waals surface area contributed by atoms with Crippen molar-refractivity contribution in [3.05, 3.63) is 146 Å². The third kappa shape index (κ3) is 35.6. The summed E-state index contributed by atoms with van der Waals surface area (Å²) in [6, 6.07) is -0.966. The van der Waals surface area contributed by atoms with E-state index in [2.05, 4.69) is 153 Å². The molecule has 0 saturated carbocycles. The molecule has 81 heavy (non-hydrogen) atoms. The van der Waals surface area contributed by atoms with Gasteiger partial charge in [0, 0.05) is 6.42 Å². The fourth-order valence-corrected chi connectivity index (χ4v) is 8.86. The molecule has 2 fully saturated rings. The molecule has 0 aromatic rings. The Bertz CT molecular complexity index is 1910. The molecular formula is C67H107NO13. The van der Waals surface area contributed by atoms with E-state index >= 15 is 0 Å². The predicted molar refractivity (Wildman–Crippen MR) is 327 cm³/mol. The van der Waals surface area contributed by atoms with Gasteiger partial charge in [0.05, 0.1) is 32.0 Å². The van der Waals surface area contributed by atoms with Crippen molar-refractivity contribution in [3.63, 3.8) is 0 Å². The van der Waals surface area contributed by atoms with Crippen LogP contribution in [0.3, 0.4) is 0 Å². The van der Waals surface area contributed by atoms with E-state index in [-0.39, 0.29) is 18.9 Å². The van der Waals surface area contributed by atoms with E-state index in [0.717, 1.165) is 89.9 Å². The summed E-state index contributed by atoms with van der Waals surface area (Å²) in [6.45, 7) is 2.59. The first kappa shape index (κ1) is 73.0. The minimum Gasteiger partial charge on any atom is -0.394 e. The second-order valence-electron chi connectivity index (χ2n) is 20.7. The first-order valence-electron chi connectivity index (χ1n) is 30.6. The highest BCUT2D eigenvalue weighted by molar-refractivity contribution is 5.76. The second-order valence-corrected chi connectivity index (χ2v) is 20.7. The molecule has 0 radical (unpaired) electrons. The van der Waals surface area contributed by atoms with Crippen LogP contribution in [-0.4, -0.2) is 140 Å². The summed E-state index contributed by atoms with van der Waals surface area (Å²) in [5.74, 6) is -0.299. The maximum absolute atomic E-state index is 13.2. The molecule has 2 aliphatic rings. The number of carbonyl (C=O) groups excluding carboxylic acids is 1. The number of aliphatic hydroxyl groups is 8. The topological polar surface area (TPSA) is 228 Å². The zero-order valence-electron chi connectivity index (χ0n) is 49.2. The second kappa shape index (κ2) is 50.4. The number of aliphatic hydroxyl groups excluding tert-OH is 8. The molecule has 9 N–H and O–H groups in total. The van der Waals surface area contributed by atoms with Crippen LogP contribution in [0.2, 0.25) is 0 Å². The van der Waals surface area contributed by atoms with Gasteiger partial charge in [-0.25, -0.2) is 0 Å². The van der Waals surface area contributed by atoms with Crippen LogP contribution in [0.1, 0.15) is 174 Å². The lowest BCUT2D eigenvalue weighted by molar-refractivity contribution is -0.359. The normalized spacial score (nSPS) is 25.2. The number of ether oxygens (including phenoxy) is 4. The average Bonchev–Trinajstić information content (AvgIpc) is 3.47. The molecule has 12 atom stereocenters. The number of hydrogen-bond donors (Lipinski definition) is 9. The van der Waals surface area contributed by atoms with E-state index in [1.165, 1.54) is 51.4 Å². The van der Waals surface area contributed by atoms with Crippen LogP contribution >= 0.6 is 0 Å². The van der Waals surface area contributed by atoms with Crippen LogP contribution in [-0.2, 0) is 23.7 Å². The highest BCUT2D eigenvalue weighted by Gasteiger charge is 2.51. The van der Waals surface area contributed by atoms with Crippen molar-refractivity contribution >= 4 is 5.91 Å². The SMILES string of the molecule is CC/C=C\C/C=C\C/C=C\C/C=C\C/C=C\C/C=C\C/C=C\C/C=C\C/C=C\C/C=C\CCCCC(=O)NC(COC1OC(CO)C(OC2OC(CO)C(O)C(O)C2O)C(O)C1O)C(O)/C=C/CC/C=C/CCCCCCCCCC. The monoisotopic (exact) mass is 1130 g/mol. The molecule has 458 valence electrons. The van der Waals surface area contributed by atoms with Crippen molar-refractivity contribution in [1.29, 1.82) is 0 Å². The van der Waals surface area contributed by atoms with Gasteiger partial charge in [-0.2, -0.15) is 0 Å². The van der Waals surface area contributed by atoms with Crippen molar-refractivity contribution in [2.24, 2.45) is 0 Å². The van der Waals surface area contributed by atoms with Gasteiger partial charge >= 0.3 is 0 Å². The number of unbranched alkanes of at least 4 members (excludes halogenated alkanes) is 11. The Hall–Kier alpha value is -4.13. The molecule has 12 unspecified atom stereocenters. The molecule has 0 aromatic carbocycles. The summed E-state index contributed by atoms with van der Waals surface area (Å²) in [5.41, 5.74) is 0. The van der Waals surface area contributed by atoms with Crippen LogP contribution in [0, 0.1) is 0 Å². The lowest BCUT2D eigenvalue weighted by atomic mass is 9.97. The van der Waals surface area contributed by atoms with Crippen LogP contribution < -0.4 is 5.32 Å². The smallest absolute Gasteiger partial charge is 0.220 e. The van der Waals surface area contributed by atoms with E-state index in [0.29, 0.717) is 12.8 Å². The van der Waals surface area contributed by atoms with Crippen molar-refractivity contribution in [2.75, 3.05) is 19.8 Å². The number of amides is 1. The fraction of sp³-hybridized carbons (Fsp3) is 0.627. The summed E-state index contributed by atoms with van der Waals surface area (Å²) in [6.07, 6.45) is 58.9. The maximum Gasteiger partial charge on any atom is 0.220 e. The van der Waals surface area contributed by atoms with Gasteiger partial charge in [-0.1, -0.05) is 205 Å². The standard InChI is InChI=1S/C67H107NO13/c1-3-5-7-9-11-13-15-17-19-20-21-22-23-24-25-26-27-28-29-30-31-32-33-34-35-36-37-39-41-43-45-47-49-51-59(72)68-55(56(71)50-48-46-44-42-40-38-18-16-14-12-10-8-6-4-2)54-78-66-64(77)62(75)65(58(53-70)80-66)81-67-63(76)61(74)60(73)57(52-69)79-67/h5,7,11,13,17,19,21-22,24-25,27-28,30-31,33-34,36-37,40-43,48,50,55-58,60-67,69-71,73-77H,3-4,6,8-10,12,14-16,18,20,23,26,29,32,35,38-39,44-47,49,51-54H2,1-2H3,(H,68,72)/b7-5-,13-11-,19-17-,22-21-,25-24-,28-27-,31-30-,34-33-,37-36-,42-40+,43-41-,50-48+. The zero-order valence-corrected chi connectivity index (χ0v) is 49.2. The van der Waals surface area contributed by atoms with Gasteiger partial charge in [-0.15, -0.1) is 0 Å². The molecule has 1 amide bonds. The molecular weight excluding hydrogens is 1030 g/mol. The molecule has 0 aromatic heterocycles. The minimum atomic E-state index is -1.80. The highest BCUT2D eigenvalue weighted by Crippen LogP contribution is 2.30. The largest absolute Gasteiger partial charge is 0.394 e. The van der Waals surface area contributed by atoms with E-state index in [1.807, 2.05) is 6.08 Å². The molecule has 2 rings (SSSR count). The van der Waals surface area contributed by atoms with Gasteiger partial charge in [-0.05, 0) is 109 Å². The Labute approximate surface area is 487 Å². The summed E-state index contributed by atoms with van der Waals surface area (Å²) in [4.78, 5) is 13.2. The van der Waals surface area contributed by atoms with Gasteiger partial charge in [0.2, 0.25) is 5.91 Å². The van der Waals surface area contributed by atoms with Crippen LogP contribution in [0.25, 0.3) is 0 Å². The highest BCUT2D eigenvalue weighted by atomic mass is 16.7. The van der Waals surface area contributed by atoms with E-state index in [4.69, 9.17) is 18.9 Å². The van der Waals surface area contributed by atoms with E-state index in [9.17, 15) is 45.6 Å². The summed E-state index contributed by atoms with van der Waals surface area (Å²) < 4.78 is 22.7. The Morgan fingerprint density at radius 3 is 1.36 bits per heavy atom. The lowest BCUT2D eigenvalue weighted by Gasteiger charge is -2.46. The summed E-state index contributed by atoms with van der Waals surface area (Å²) in [7, 11) is 0. The Kier molecular flexibility index (Phi) is 45.4. The van der Waals surface area contributed by atoms with Gasteiger partial charge in [0.1, 0.15) is 48.8 Å². The molecule has 2 heterocycles. The third-order valence-electron chi connectivity index (χ3n) is 13.8. The zero-order chi connectivity index (χ0) is 58.8. The Morgan fingerprint density at radius 1 is 0.457 bits per heavy atom. The first-order chi connectivity index (χ1) is 39.6. The summed E-state index contributed by atoms with van der Waals surface area (Å²) >= 11 is 0. The van der Waals surface area contributed by atoms with Crippen molar-refractivity contribution in [1.82, 2.24) is 5.32 Å². The first-order valence-corrected chi connectivity index (χ1v) is 30.6. The molecule has 14 heteroatoms. The number of allylic oxidation sites excluding steroid dienone is 23. The molecule has 2 saturated heterocycles. The summed E-state index contributed by atoms with van der Waals surface area (Å²) in [5, 5.41) is 87.0. The van der Waals surface area contributed by atoms with Gasteiger partial charge < -0.3 is 65.1 Å². The quantitative estimate of drug-likeness (QED) is 0.0204. The molecule has 0 bridgehead atoms. The van der Waals surface area contributed by atoms with E-state index in [1.54, 1.807) is 6.08 Å². The van der Waals surface area contributed by atoms with Crippen LogP contribution in [0.5, 0.6) is 0 Å². The number of carbonyl (C=O) groups is 1. The fourth-order valence-electron chi connectivity index (χ4n) is 8.86. The van der Waals surface area contributed by atoms with Crippen molar-refractivity contribution in [2.45, 2.75) is 248 Å². The third-order valence-corrected chi connectivity index (χ3v) is 13.8.